The van der Waals surface area contributed by atoms with Crippen molar-refractivity contribution in [3.63, 3.8) is 0 Å². The normalized spacial score (nSPS) is 10.4. The zero-order chi connectivity index (χ0) is 13.9. The molecule has 2 N–H and O–H groups in total. The van der Waals surface area contributed by atoms with Crippen LogP contribution in [0.4, 0.5) is 0 Å². The lowest BCUT2D eigenvalue weighted by Crippen LogP contribution is -1.98. The van der Waals surface area contributed by atoms with E-state index in [2.05, 4.69) is 10.2 Å². The first-order chi connectivity index (χ1) is 9.75. The molecule has 0 aliphatic rings. The van der Waals surface area contributed by atoms with Gasteiger partial charge in [0.25, 0.3) is 0 Å². The summed E-state index contributed by atoms with van der Waals surface area (Å²) < 4.78 is 0. The number of carboxylic acids is 1. The molecule has 0 amide bonds. The first-order valence-electron chi connectivity index (χ1n) is 6.19. The predicted octanol–water partition coefficient (Wildman–Crippen LogP) is 3.44. The molecule has 98 valence electrons. The summed E-state index contributed by atoms with van der Waals surface area (Å²) in [6.45, 7) is 0. The van der Waals surface area contributed by atoms with Crippen LogP contribution in [-0.2, 0) is 0 Å². The van der Waals surface area contributed by atoms with Crippen molar-refractivity contribution in [1.82, 2.24) is 10.2 Å². The lowest BCUT2D eigenvalue weighted by atomic mass is 10.0. The van der Waals surface area contributed by atoms with E-state index in [0.717, 1.165) is 11.3 Å². The third-order valence-electron chi connectivity index (χ3n) is 3.10. The number of aromatic nitrogens is 2. The Morgan fingerprint density at radius 1 is 1.00 bits per heavy atom. The Labute approximate surface area is 115 Å². The quantitative estimate of drug-likeness (QED) is 0.761. The summed E-state index contributed by atoms with van der Waals surface area (Å²) in [5.74, 6) is -0.948. The Morgan fingerprint density at radius 3 is 2.45 bits per heavy atom. The van der Waals surface area contributed by atoms with E-state index in [0.29, 0.717) is 11.3 Å². The van der Waals surface area contributed by atoms with Gasteiger partial charge in [0.05, 0.1) is 17.0 Å². The van der Waals surface area contributed by atoms with Crippen LogP contribution in [0.2, 0.25) is 0 Å². The zero-order valence-electron chi connectivity index (χ0n) is 10.6. The third-order valence-corrected chi connectivity index (χ3v) is 3.10. The SMILES string of the molecule is O=C(O)c1ccccc1-c1cc(-c2ccccc2)n[nH]1. The number of benzene rings is 2. The van der Waals surface area contributed by atoms with E-state index in [9.17, 15) is 9.90 Å². The van der Waals surface area contributed by atoms with Gasteiger partial charge in [0, 0.05) is 11.1 Å². The van der Waals surface area contributed by atoms with E-state index in [1.165, 1.54) is 0 Å². The molecule has 3 aromatic rings. The van der Waals surface area contributed by atoms with Gasteiger partial charge in [0.1, 0.15) is 0 Å². The molecule has 0 atom stereocenters. The average molecular weight is 264 g/mol. The number of nitrogens with zero attached hydrogens (tertiary/aromatic N) is 1. The third kappa shape index (κ3) is 2.19. The maximum absolute atomic E-state index is 11.2. The molecule has 4 nitrogen and oxygen atoms in total. The first kappa shape index (κ1) is 12.2. The summed E-state index contributed by atoms with van der Waals surface area (Å²) in [6, 6.07) is 18.5. The fourth-order valence-electron chi connectivity index (χ4n) is 2.12. The number of H-pyrrole nitrogens is 1. The molecule has 1 heterocycles. The van der Waals surface area contributed by atoms with Crippen LogP contribution in [0.1, 0.15) is 10.4 Å². The molecule has 0 aliphatic heterocycles. The van der Waals surface area contributed by atoms with Gasteiger partial charge in [-0.15, -0.1) is 0 Å². The molecule has 20 heavy (non-hydrogen) atoms. The van der Waals surface area contributed by atoms with Gasteiger partial charge in [-0.2, -0.15) is 5.10 Å². The Balaban J connectivity index is 2.05. The van der Waals surface area contributed by atoms with E-state index in [1.807, 2.05) is 42.5 Å². The second kappa shape index (κ2) is 5.01. The van der Waals surface area contributed by atoms with Crippen LogP contribution in [0.25, 0.3) is 22.5 Å². The van der Waals surface area contributed by atoms with Crippen LogP contribution in [0.5, 0.6) is 0 Å². The van der Waals surface area contributed by atoms with Crippen molar-refractivity contribution < 1.29 is 9.90 Å². The fraction of sp³-hybridized carbons (Fsp3) is 0. The minimum atomic E-state index is -0.948. The van der Waals surface area contributed by atoms with Crippen molar-refractivity contribution in [2.24, 2.45) is 0 Å². The summed E-state index contributed by atoms with van der Waals surface area (Å²) in [5.41, 5.74) is 3.37. The van der Waals surface area contributed by atoms with Gasteiger partial charge < -0.3 is 5.11 Å². The Kier molecular flexibility index (Phi) is 3.05. The van der Waals surface area contributed by atoms with Crippen molar-refractivity contribution >= 4 is 5.97 Å². The highest BCUT2D eigenvalue weighted by atomic mass is 16.4. The van der Waals surface area contributed by atoms with Crippen molar-refractivity contribution in [3.05, 3.63) is 66.2 Å². The second-order valence-electron chi connectivity index (χ2n) is 4.38. The number of aromatic amines is 1. The van der Waals surface area contributed by atoms with Crippen molar-refractivity contribution in [2.75, 3.05) is 0 Å². The lowest BCUT2D eigenvalue weighted by Gasteiger charge is -2.02. The molecule has 2 aromatic carbocycles. The number of carbonyl (C=O) groups is 1. The van der Waals surface area contributed by atoms with Crippen LogP contribution in [0.15, 0.2) is 60.7 Å². The van der Waals surface area contributed by atoms with Crippen LogP contribution in [0, 0.1) is 0 Å². The smallest absolute Gasteiger partial charge is 0.336 e. The molecule has 3 rings (SSSR count). The Morgan fingerprint density at radius 2 is 1.70 bits per heavy atom. The van der Waals surface area contributed by atoms with Gasteiger partial charge in [0.15, 0.2) is 0 Å². The standard InChI is InChI=1S/C16H12N2O2/c19-16(20)13-9-5-4-8-12(13)15-10-14(17-18-15)11-6-2-1-3-7-11/h1-10H,(H,17,18)(H,19,20). The van der Waals surface area contributed by atoms with Gasteiger partial charge in [-0.05, 0) is 12.1 Å². The highest BCUT2D eigenvalue weighted by Gasteiger charge is 2.13. The molecule has 0 saturated carbocycles. The van der Waals surface area contributed by atoms with E-state index in [1.54, 1.807) is 18.2 Å². The highest BCUT2D eigenvalue weighted by molar-refractivity contribution is 5.95. The maximum atomic E-state index is 11.2. The molecule has 4 heteroatoms. The van der Waals surface area contributed by atoms with Crippen molar-refractivity contribution in [3.8, 4) is 22.5 Å². The molecule has 0 unspecified atom stereocenters. The van der Waals surface area contributed by atoms with Gasteiger partial charge in [-0.1, -0.05) is 48.5 Å². The fourth-order valence-corrected chi connectivity index (χ4v) is 2.12. The van der Waals surface area contributed by atoms with E-state index >= 15 is 0 Å². The van der Waals surface area contributed by atoms with Crippen LogP contribution in [0.3, 0.4) is 0 Å². The highest BCUT2D eigenvalue weighted by Crippen LogP contribution is 2.26. The average Bonchev–Trinajstić information content (AvgIpc) is 2.98. The minimum Gasteiger partial charge on any atom is -0.478 e. The number of nitrogens with one attached hydrogen (secondary N) is 1. The summed E-state index contributed by atoms with van der Waals surface area (Å²) in [5, 5.41) is 16.4. The first-order valence-corrected chi connectivity index (χ1v) is 6.19. The molecule has 0 saturated heterocycles. The number of aromatic carboxylic acids is 1. The van der Waals surface area contributed by atoms with Gasteiger partial charge in [0.2, 0.25) is 0 Å². The minimum absolute atomic E-state index is 0.260. The molecular formula is C16H12N2O2. The monoisotopic (exact) mass is 264 g/mol. The van der Waals surface area contributed by atoms with Crippen LogP contribution < -0.4 is 0 Å². The van der Waals surface area contributed by atoms with Gasteiger partial charge in [-0.3, -0.25) is 5.10 Å². The van der Waals surface area contributed by atoms with Crippen molar-refractivity contribution in [2.45, 2.75) is 0 Å². The summed E-state index contributed by atoms with van der Waals surface area (Å²) >= 11 is 0. The summed E-state index contributed by atoms with van der Waals surface area (Å²) in [6.07, 6.45) is 0. The Bertz CT molecular complexity index is 748. The summed E-state index contributed by atoms with van der Waals surface area (Å²) in [4.78, 5) is 11.2. The molecule has 0 fully saturated rings. The topological polar surface area (TPSA) is 66.0 Å². The van der Waals surface area contributed by atoms with E-state index < -0.39 is 5.97 Å². The number of hydrogen-bond acceptors (Lipinski definition) is 2. The zero-order valence-corrected chi connectivity index (χ0v) is 10.6. The van der Waals surface area contributed by atoms with Crippen LogP contribution in [-0.4, -0.2) is 21.3 Å². The predicted molar refractivity (Wildman–Crippen MR) is 76.4 cm³/mol. The summed E-state index contributed by atoms with van der Waals surface area (Å²) in [7, 11) is 0. The molecule has 0 bridgehead atoms. The molecular weight excluding hydrogens is 252 g/mol. The largest absolute Gasteiger partial charge is 0.478 e. The number of rotatable bonds is 3. The molecule has 1 aromatic heterocycles. The van der Waals surface area contributed by atoms with E-state index in [-0.39, 0.29) is 5.56 Å². The van der Waals surface area contributed by atoms with Gasteiger partial charge in [-0.25, -0.2) is 4.79 Å². The number of carboxylic acid groups (broad SMARTS) is 1. The lowest BCUT2D eigenvalue weighted by molar-refractivity contribution is 0.0697. The Hall–Kier alpha value is -2.88. The second-order valence-corrected chi connectivity index (χ2v) is 4.38. The van der Waals surface area contributed by atoms with Gasteiger partial charge >= 0.3 is 5.97 Å². The maximum Gasteiger partial charge on any atom is 0.336 e. The molecule has 0 spiro atoms. The van der Waals surface area contributed by atoms with E-state index in [4.69, 9.17) is 0 Å². The van der Waals surface area contributed by atoms with Crippen LogP contribution >= 0.6 is 0 Å². The molecule has 0 radical (unpaired) electrons. The van der Waals surface area contributed by atoms with Crippen molar-refractivity contribution in [1.29, 1.82) is 0 Å². The number of hydrogen-bond donors (Lipinski definition) is 2. The molecule has 0 aliphatic carbocycles.